The molecule has 2 nitrogen and oxygen atoms in total. The minimum Gasteiger partial charge on any atom is -0.299 e. The molecule has 0 bridgehead atoms. The van der Waals surface area contributed by atoms with Gasteiger partial charge >= 0.3 is 0 Å². The van der Waals surface area contributed by atoms with E-state index in [1.165, 1.54) is 13.8 Å². The van der Waals surface area contributed by atoms with Gasteiger partial charge in [-0.1, -0.05) is 31.2 Å². The quantitative estimate of drug-likeness (QED) is 0.640. The third-order valence-electron chi connectivity index (χ3n) is 2.79. The van der Waals surface area contributed by atoms with Gasteiger partial charge in [0, 0.05) is 0 Å². The molecule has 0 amide bonds. The van der Waals surface area contributed by atoms with Gasteiger partial charge in [-0.15, -0.1) is 0 Å². The van der Waals surface area contributed by atoms with Crippen molar-refractivity contribution in [2.24, 2.45) is 17.8 Å². The van der Waals surface area contributed by atoms with E-state index in [9.17, 15) is 9.59 Å². The Morgan fingerprint density at radius 2 is 1.50 bits per heavy atom. The summed E-state index contributed by atoms with van der Waals surface area (Å²) in [5.74, 6) is -0.211. The SMILES string of the molecule is CC(=O)C(C(C)=O)C(C)C1C=CC=C1. The number of Topliss-reactive ketones (excluding diaryl/α,β-unsaturated/α-hetero) is 2. The molecule has 1 aliphatic rings. The second kappa shape index (κ2) is 4.36. The van der Waals surface area contributed by atoms with Crippen LogP contribution in [-0.2, 0) is 9.59 Å². The molecule has 0 aromatic heterocycles. The minimum atomic E-state index is -0.451. The predicted octanol–water partition coefficient (Wildman–Crippen LogP) is 2.16. The number of carbonyl (C=O) groups is 2. The van der Waals surface area contributed by atoms with Crippen LogP contribution in [0.4, 0.5) is 0 Å². The molecule has 0 aliphatic heterocycles. The van der Waals surface area contributed by atoms with E-state index >= 15 is 0 Å². The topological polar surface area (TPSA) is 34.1 Å². The Hall–Kier alpha value is -1.18. The average molecular weight is 192 g/mol. The summed E-state index contributed by atoms with van der Waals surface area (Å²) in [4.78, 5) is 22.6. The van der Waals surface area contributed by atoms with E-state index < -0.39 is 5.92 Å². The molecular formula is C12H16O2. The molecule has 2 heteroatoms. The molecule has 1 atom stereocenters. The predicted molar refractivity (Wildman–Crippen MR) is 55.8 cm³/mol. The van der Waals surface area contributed by atoms with Crippen molar-refractivity contribution >= 4 is 11.6 Å². The first-order chi connectivity index (χ1) is 6.54. The van der Waals surface area contributed by atoms with Gasteiger partial charge in [0.05, 0.1) is 5.92 Å². The van der Waals surface area contributed by atoms with Crippen molar-refractivity contribution in [3.8, 4) is 0 Å². The van der Waals surface area contributed by atoms with Gasteiger partial charge in [0.15, 0.2) is 0 Å². The molecular weight excluding hydrogens is 176 g/mol. The van der Waals surface area contributed by atoms with Crippen LogP contribution < -0.4 is 0 Å². The van der Waals surface area contributed by atoms with Crippen LogP contribution in [0.25, 0.3) is 0 Å². The van der Waals surface area contributed by atoms with E-state index in [0.29, 0.717) is 0 Å². The molecule has 76 valence electrons. The number of carbonyl (C=O) groups excluding carboxylic acids is 2. The Morgan fingerprint density at radius 1 is 1.07 bits per heavy atom. The molecule has 0 radical (unpaired) electrons. The average Bonchev–Trinajstić information content (AvgIpc) is 2.53. The van der Waals surface area contributed by atoms with Gasteiger partial charge < -0.3 is 0 Å². The van der Waals surface area contributed by atoms with E-state index in [-0.39, 0.29) is 23.4 Å². The highest BCUT2D eigenvalue weighted by molar-refractivity contribution is 6.00. The second-order valence-corrected chi connectivity index (χ2v) is 3.91. The molecule has 0 saturated heterocycles. The Labute approximate surface area is 84.7 Å². The first-order valence-electron chi connectivity index (χ1n) is 4.90. The molecule has 0 aromatic rings. The van der Waals surface area contributed by atoms with Gasteiger partial charge in [-0.05, 0) is 25.7 Å². The Bertz CT molecular complexity index is 273. The molecule has 0 heterocycles. The van der Waals surface area contributed by atoms with Gasteiger partial charge in [-0.2, -0.15) is 0 Å². The maximum atomic E-state index is 11.3. The first-order valence-corrected chi connectivity index (χ1v) is 4.90. The van der Waals surface area contributed by atoms with Crippen molar-refractivity contribution in [2.45, 2.75) is 20.8 Å². The summed E-state index contributed by atoms with van der Waals surface area (Å²) in [6, 6.07) is 0. The maximum absolute atomic E-state index is 11.3. The van der Waals surface area contributed by atoms with Gasteiger partial charge in [0.2, 0.25) is 0 Å². The molecule has 14 heavy (non-hydrogen) atoms. The van der Waals surface area contributed by atoms with Gasteiger partial charge in [-0.3, -0.25) is 9.59 Å². The molecule has 0 N–H and O–H groups in total. The maximum Gasteiger partial charge on any atom is 0.140 e. The standard InChI is InChI=1S/C12H16O2/c1-8(11-6-4-5-7-11)12(9(2)13)10(3)14/h4-8,11-12H,1-3H3. The van der Waals surface area contributed by atoms with Crippen molar-refractivity contribution in [2.75, 3.05) is 0 Å². The fourth-order valence-electron chi connectivity index (χ4n) is 2.05. The largest absolute Gasteiger partial charge is 0.299 e. The van der Waals surface area contributed by atoms with Gasteiger partial charge in [-0.25, -0.2) is 0 Å². The zero-order valence-electron chi connectivity index (χ0n) is 8.86. The third kappa shape index (κ3) is 2.19. The number of hydrogen-bond donors (Lipinski definition) is 0. The zero-order chi connectivity index (χ0) is 10.7. The van der Waals surface area contributed by atoms with Crippen LogP contribution in [0.1, 0.15) is 20.8 Å². The van der Waals surface area contributed by atoms with E-state index in [1.807, 2.05) is 31.2 Å². The highest BCUT2D eigenvalue weighted by Crippen LogP contribution is 2.27. The summed E-state index contributed by atoms with van der Waals surface area (Å²) in [6.45, 7) is 4.94. The Balaban J connectivity index is 2.78. The van der Waals surface area contributed by atoms with Crippen LogP contribution in [0.5, 0.6) is 0 Å². The van der Waals surface area contributed by atoms with Crippen molar-refractivity contribution in [3.63, 3.8) is 0 Å². The van der Waals surface area contributed by atoms with Crippen LogP contribution in [-0.4, -0.2) is 11.6 Å². The van der Waals surface area contributed by atoms with E-state index in [1.54, 1.807) is 0 Å². The minimum absolute atomic E-state index is 0.0290. The molecule has 1 aliphatic carbocycles. The second-order valence-electron chi connectivity index (χ2n) is 3.91. The molecule has 0 saturated carbocycles. The molecule has 0 fully saturated rings. The lowest BCUT2D eigenvalue weighted by molar-refractivity contribution is -0.132. The molecule has 0 spiro atoms. The number of rotatable bonds is 4. The third-order valence-corrected chi connectivity index (χ3v) is 2.79. The Morgan fingerprint density at radius 3 is 1.86 bits per heavy atom. The van der Waals surface area contributed by atoms with E-state index in [2.05, 4.69) is 0 Å². The molecule has 1 rings (SSSR count). The van der Waals surface area contributed by atoms with E-state index in [4.69, 9.17) is 0 Å². The lowest BCUT2D eigenvalue weighted by Crippen LogP contribution is -2.30. The monoisotopic (exact) mass is 192 g/mol. The molecule has 0 aromatic carbocycles. The lowest BCUT2D eigenvalue weighted by atomic mass is 9.79. The van der Waals surface area contributed by atoms with Crippen molar-refractivity contribution < 1.29 is 9.59 Å². The lowest BCUT2D eigenvalue weighted by Gasteiger charge is -2.22. The summed E-state index contributed by atoms with van der Waals surface area (Å²) in [5, 5.41) is 0. The van der Waals surface area contributed by atoms with Crippen molar-refractivity contribution in [3.05, 3.63) is 24.3 Å². The summed E-state index contributed by atoms with van der Waals surface area (Å²) in [6.07, 6.45) is 7.98. The molecule has 1 unspecified atom stereocenters. The van der Waals surface area contributed by atoms with E-state index in [0.717, 1.165) is 0 Å². The van der Waals surface area contributed by atoms with Crippen LogP contribution in [0.15, 0.2) is 24.3 Å². The van der Waals surface area contributed by atoms with Crippen LogP contribution in [0.2, 0.25) is 0 Å². The van der Waals surface area contributed by atoms with Crippen molar-refractivity contribution in [1.29, 1.82) is 0 Å². The fraction of sp³-hybridized carbons (Fsp3) is 0.500. The van der Waals surface area contributed by atoms with Crippen LogP contribution in [0, 0.1) is 17.8 Å². The number of allylic oxidation sites excluding steroid dienone is 4. The summed E-state index contributed by atoms with van der Waals surface area (Å²) < 4.78 is 0. The first kappa shape index (κ1) is 10.9. The highest BCUT2D eigenvalue weighted by Gasteiger charge is 2.30. The zero-order valence-corrected chi connectivity index (χ0v) is 8.86. The Kier molecular flexibility index (Phi) is 3.39. The normalized spacial score (nSPS) is 17.7. The smallest absolute Gasteiger partial charge is 0.140 e. The summed E-state index contributed by atoms with van der Waals surface area (Å²) in [7, 11) is 0. The number of ketones is 2. The van der Waals surface area contributed by atoms with Gasteiger partial charge in [0.25, 0.3) is 0 Å². The van der Waals surface area contributed by atoms with Gasteiger partial charge in [0.1, 0.15) is 11.6 Å². The highest BCUT2D eigenvalue weighted by atomic mass is 16.1. The fourth-order valence-corrected chi connectivity index (χ4v) is 2.05. The summed E-state index contributed by atoms with van der Waals surface area (Å²) >= 11 is 0. The van der Waals surface area contributed by atoms with Crippen LogP contribution >= 0.6 is 0 Å². The number of hydrogen-bond acceptors (Lipinski definition) is 2. The summed E-state index contributed by atoms with van der Waals surface area (Å²) in [5.41, 5.74) is 0. The van der Waals surface area contributed by atoms with Crippen LogP contribution in [0.3, 0.4) is 0 Å². The van der Waals surface area contributed by atoms with Crippen molar-refractivity contribution in [1.82, 2.24) is 0 Å².